The SMILES string of the molecule is Cc1ccc(CN(C(=O)COc2ccccc2C(C)C)[C@H](Cc2ccccc2)C(=O)NC2CCCC2)cc1. The first kappa shape index (κ1) is 27.4. The van der Waals surface area contributed by atoms with Crippen molar-refractivity contribution in [2.75, 3.05) is 6.61 Å². The van der Waals surface area contributed by atoms with Gasteiger partial charge in [0.1, 0.15) is 11.8 Å². The van der Waals surface area contributed by atoms with E-state index in [1.807, 2.05) is 85.8 Å². The van der Waals surface area contributed by atoms with Gasteiger partial charge in [-0.3, -0.25) is 9.59 Å². The lowest BCUT2D eigenvalue weighted by atomic mass is 10.0. The average Bonchev–Trinajstić information content (AvgIpc) is 3.44. The van der Waals surface area contributed by atoms with Crippen LogP contribution in [0.15, 0.2) is 78.9 Å². The van der Waals surface area contributed by atoms with Crippen LogP contribution in [0.2, 0.25) is 0 Å². The Balaban J connectivity index is 1.62. The molecule has 0 aliphatic heterocycles. The van der Waals surface area contributed by atoms with E-state index in [0.717, 1.165) is 47.9 Å². The number of hydrogen-bond donors (Lipinski definition) is 1. The number of para-hydroxylation sites is 1. The van der Waals surface area contributed by atoms with Crippen LogP contribution in [-0.4, -0.2) is 35.4 Å². The molecule has 1 aliphatic carbocycles. The minimum atomic E-state index is -0.643. The summed E-state index contributed by atoms with van der Waals surface area (Å²) in [6, 6.07) is 25.4. The Labute approximate surface area is 227 Å². The molecule has 0 unspecified atom stereocenters. The van der Waals surface area contributed by atoms with Crippen molar-refractivity contribution in [3.8, 4) is 5.75 Å². The topological polar surface area (TPSA) is 58.6 Å². The number of hydrogen-bond acceptors (Lipinski definition) is 3. The zero-order chi connectivity index (χ0) is 26.9. The van der Waals surface area contributed by atoms with E-state index in [1.165, 1.54) is 0 Å². The zero-order valence-electron chi connectivity index (χ0n) is 22.9. The lowest BCUT2D eigenvalue weighted by Gasteiger charge is -2.32. The van der Waals surface area contributed by atoms with Gasteiger partial charge < -0.3 is 15.0 Å². The minimum Gasteiger partial charge on any atom is -0.483 e. The van der Waals surface area contributed by atoms with Crippen LogP contribution < -0.4 is 10.1 Å². The maximum atomic E-state index is 13.9. The zero-order valence-corrected chi connectivity index (χ0v) is 22.9. The Morgan fingerprint density at radius 1 is 0.895 bits per heavy atom. The summed E-state index contributed by atoms with van der Waals surface area (Å²) < 4.78 is 6.09. The van der Waals surface area contributed by atoms with Crippen LogP contribution in [0.5, 0.6) is 5.75 Å². The molecule has 0 spiro atoms. The predicted molar refractivity (Wildman–Crippen MR) is 152 cm³/mol. The van der Waals surface area contributed by atoms with E-state index in [-0.39, 0.29) is 30.4 Å². The number of aryl methyl sites for hydroxylation is 1. The fraction of sp³-hybridized carbons (Fsp3) is 0.394. The number of benzene rings is 3. The van der Waals surface area contributed by atoms with Crippen molar-refractivity contribution in [3.05, 3.63) is 101 Å². The van der Waals surface area contributed by atoms with Crippen LogP contribution in [0, 0.1) is 6.92 Å². The molecule has 3 aromatic rings. The monoisotopic (exact) mass is 512 g/mol. The summed E-state index contributed by atoms with van der Waals surface area (Å²) >= 11 is 0. The quantitative estimate of drug-likeness (QED) is 0.333. The molecule has 5 nitrogen and oxygen atoms in total. The van der Waals surface area contributed by atoms with Gasteiger partial charge in [-0.25, -0.2) is 0 Å². The smallest absolute Gasteiger partial charge is 0.261 e. The molecule has 1 atom stereocenters. The summed E-state index contributed by atoms with van der Waals surface area (Å²) in [5, 5.41) is 3.25. The van der Waals surface area contributed by atoms with Crippen molar-refractivity contribution in [2.24, 2.45) is 0 Å². The number of carbonyl (C=O) groups is 2. The van der Waals surface area contributed by atoms with E-state index < -0.39 is 6.04 Å². The molecular weight excluding hydrogens is 472 g/mol. The van der Waals surface area contributed by atoms with Crippen LogP contribution in [-0.2, 0) is 22.6 Å². The minimum absolute atomic E-state index is 0.0937. The first-order valence-corrected chi connectivity index (χ1v) is 13.8. The highest BCUT2D eigenvalue weighted by Crippen LogP contribution is 2.26. The number of ether oxygens (including phenoxy) is 1. The van der Waals surface area contributed by atoms with Gasteiger partial charge in [0.25, 0.3) is 5.91 Å². The third kappa shape index (κ3) is 7.47. The van der Waals surface area contributed by atoms with Crippen LogP contribution in [0.3, 0.4) is 0 Å². The Morgan fingerprint density at radius 3 is 2.24 bits per heavy atom. The van der Waals surface area contributed by atoms with Crippen LogP contribution in [0.4, 0.5) is 0 Å². The fourth-order valence-corrected chi connectivity index (χ4v) is 5.12. The summed E-state index contributed by atoms with van der Waals surface area (Å²) in [4.78, 5) is 29.3. The largest absolute Gasteiger partial charge is 0.483 e. The highest BCUT2D eigenvalue weighted by molar-refractivity contribution is 5.88. The maximum Gasteiger partial charge on any atom is 0.261 e. The van der Waals surface area contributed by atoms with Crippen molar-refractivity contribution in [3.63, 3.8) is 0 Å². The first-order valence-electron chi connectivity index (χ1n) is 13.8. The van der Waals surface area contributed by atoms with E-state index in [0.29, 0.717) is 18.7 Å². The van der Waals surface area contributed by atoms with Crippen molar-refractivity contribution in [2.45, 2.75) is 77.4 Å². The lowest BCUT2D eigenvalue weighted by molar-refractivity contribution is -0.143. The van der Waals surface area contributed by atoms with Gasteiger partial charge in [-0.15, -0.1) is 0 Å². The Bertz CT molecular complexity index is 1180. The summed E-state index contributed by atoms with van der Waals surface area (Å²) in [6.45, 7) is 6.47. The van der Waals surface area contributed by atoms with Crippen molar-refractivity contribution in [1.82, 2.24) is 10.2 Å². The third-order valence-electron chi connectivity index (χ3n) is 7.34. The normalized spacial score (nSPS) is 14.3. The van der Waals surface area contributed by atoms with Crippen LogP contribution in [0.25, 0.3) is 0 Å². The summed E-state index contributed by atoms with van der Waals surface area (Å²) in [5.41, 5.74) is 4.22. The number of amides is 2. The van der Waals surface area contributed by atoms with Gasteiger partial charge in [0.2, 0.25) is 5.91 Å². The summed E-state index contributed by atoms with van der Waals surface area (Å²) in [6.07, 6.45) is 4.68. The van der Waals surface area contributed by atoms with Gasteiger partial charge in [0, 0.05) is 19.0 Å². The number of nitrogens with zero attached hydrogens (tertiary/aromatic N) is 1. The third-order valence-corrected chi connectivity index (χ3v) is 7.34. The second-order valence-electron chi connectivity index (χ2n) is 10.7. The number of carbonyl (C=O) groups excluding carboxylic acids is 2. The van der Waals surface area contributed by atoms with Gasteiger partial charge in [0.15, 0.2) is 6.61 Å². The second kappa shape index (κ2) is 13.3. The molecule has 1 N–H and O–H groups in total. The van der Waals surface area contributed by atoms with Gasteiger partial charge in [0.05, 0.1) is 0 Å². The van der Waals surface area contributed by atoms with Crippen molar-refractivity contribution < 1.29 is 14.3 Å². The molecule has 5 heteroatoms. The van der Waals surface area contributed by atoms with Gasteiger partial charge in [-0.05, 0) is 48.4 Å². The van der Waals surface area contributed by atoms with E-state index >= 15 is 0 Å². The summed E-state index contributed by atoms with van der Waals surface area (Å²) in [5.74, 6) is 0.685. The molecule has 0 bridgehead atoms. The van der Waals surface area contributed by atoms with E-state index in [4.69, 9.17) is 4.74 Å². The lowest BCUT2D eigenvalue weighted by Crippen LogP contribution is -2.53. The molecule has 4 rings (SSSR count). The highest BCUT2D eigenvalue weighted by Gasteiger charge is 2.32. The molecule has 0 saturated heterocycles. The first-order chi connectivity index (χ1) is 18.4. The molecule has 0 heterocycles. The van der Waals surface area contributed by atoms with Crippen LogP contribution >= 0.6 is 0 Å². The molecule has 0 aromatic heterocycles. The molecule has 3 aromatic carbocycles. The molecule has 200 valence electrons. The van der Waals surface area contributed by atoms with E-state index in [1.54, 1.807) is 4.90 Å². The molecule has 0 radical (unpaired) electrons. The summed E-state index contributed by atoms with van der Waals surface area (Å²) in [7, 11) is 0. The molecule has 1 fully saturated rings. The average molecular weight is 513 g/mol. The van der Waals surface area contributed by atoms with E-state index in [9.17, 15) is 9.59 Å². The van der Waals surface area contributed by atoms with Gasteiger partial charge >= 0.3 is 0 Å². The second-order valence-corrected chi connectivity index (χ2v) is 10.7. The highest BCUT2D eigenvalue weighted by atomic mass is 16.5. The van der Waals surface area contributed by atoms with Crippen LogP contribution in [0.1, 0.15) is 67.7 Å². The number of rotatable bonds is 11. The van der Waals surface area contributed by atoms with E-state index in [2.05, 4.69) is 19.2 Å². The Hall–Kier alpha value is -3.60. The molecule has 38 heavy (non-hydrogen) atoms. The Kier molecular flexibility index (Phi) is 9.58. The fourth-order valence-electron chi connectivity index (χ4n) is 5.12. The number of nitrogens with one attached hydrogen (secondary N) is 1. The van der Waals surface area contributed by atoms with Crippen molar-refractivity contribution >= 4 is 11.8 Å². The van der Waals surface area contributed by atoms with Gasteiger partial charge in [-0.2, -0.15) is 0 Å². The molecule has 1 aliphatic rings. The van der Waals surface area contributed by atoms with Gasteiger partial charge in [-0.1, -0.05) is 105 Å². The maximum absolute atomic E-state index is 13.9. The van der Waals surface area contributed by atoms with Crippen molar-refractivity contribution in [1.29, 1.82) is 0 Å². The Morgan fingerprint density at radius 2 is 1.55 bits per heavy atom. The molecule has 2 amide bonds. The standard InChI is InChI=1S/C33H40N2O3/c1-24(2)29-15-9-10-16-31(29)38-23-32(36)35(22-27-19-17-25(3)18-20-27)30(21-26-11-5-4-6-12-26)33(37)34-28-13-7-8-14-28/h4-6,9-12,15-20,24,28,30H,7-8,13-14,21-23H2,1-3H3,(H,34,37)/t30-/m1/s1. The molecular formula is C33H40N2O3. The molecule has 1 saturated carbocycles. The predicted octanol–water partition coefficient (Wildman–Crippen LogP) is 6.20.